The molecule has 0 aromatic carbocycles. The van der Waals surface area contributed by atoms with Gasteiger partial charge in [0.05, 0.1) is 6.10 Å². The maximum absolute atomic E-state index is 9.50. The zero-order valence-corrected chi connectivity index (χ0v) is 12.3. The molecule has 0 bridgehead atoms. The highest BCUT2D eigenvalue weighted by atomic mass is 16.3. The number of hydrogen-bond donors (Lipinski definition) is 2. The third-order valence-corrected chi connectivity index (χ3v) is 4.21. The predicted molar refractivity (Wildman–Crippen MR) is 74.0 cm³/mol. The molecule has 0 spiro atoms. The molecule has 0 radical (unpaired) electrons. The summed E-state index contributed by atoms with van der Waals surface area (Å²) in [5.41, 5.74) is 0.186. The monoisotopic (exact) mass is 241 g/mol. The summed E-state index contributed by atoms with van der Waals surface area (Å²) in [6.07, 6.45) is 4.78. The van der Waals surface area contributed by atoms with Crippen molar-refractivity contribution in [2.75, 3.05) is 6.54 Å². The molecule has 2 heteroatoms. The molecule has 0 aromatic rings. The number of aliphatic hydroxyl groups is 1. The Kier molecular flexibility index (Phi) is 5.46. The van der Waals surface area contributed by atoms with Gasteiger partial charge in [-0.2, -0.15) is 0 Å². The molecule has 3 unspecified atom stereocenters. The molecule has 1 rings (SSSR count). The summed E-state index contributed by atoms with van der Waals surface area (Å²) in [5.74, 6) is 1.59. The fourth-order valence-corrected chi connectivity index (χ4v) is 3.35. The summed E-state index contributed by atoms with van der Waals surface area (Å²) in [6, 6.07) is 0.664. The van der Waals surface area contributed by atoms with E-state index in [9.17, 15) is 5.11 Å². The van der Waals surface area contributed by atoms with Crippen LogP contribution in [0.4, 0.5) is 0 Å². The molecule has 2 nitrogen and oxygen atoms in total. The van der Waals surface area contributed by atoms with E-state index in [1.54, 1.807) is 0 Å². The Bertz CT molecular complexity index is 215. The van der Waals surface area contributed by atoms with Crippen LogP contribution in [-0.2, 0) is 0 Å². The van der Waals surface area contributed by atoms with E-state index in [4.69, 9.17) is 0 Å². The van der Waals surface area contributed by atoms with Crippen LogP contribution in [0.2, 0.25) is 0 Å². The van der Waals surface area contributed by atoms with Crippen molar-refractivity contribution in [1.82, 2.24) is 5.32 Å². The smallest absolute Gasteiger partial charge is 0.0517 e. The summed E-state index contributed by atoms with van der Waals surface area (Å²) in [7, 11) is 0. The van der Waals surface area contributed by atoms with Crippen LogP contribution in [0.3, 0.4) is 0 Å². The number of hydrogen-bond acceptors (Lipinski definition) is 2. The van der Waals surface area contributed by atoms with Gasteiger partial charge < -0.3 is 10.4 Å². The molecule has 1 fully saturated rings. The van der Waals surface area contributed by atoms with E-state index in [1.165, 1.54) is 19.3 Å². The Hall–Kier alpha value is -0.0800. The standard InChI is InChI=1S/C15H31NO/c1-11-7-6-8-12(2)14(11)16-10-15(4,5)9-13(3)17/h11-14,16-17H,6-10H2,1-5H3. The van der Waals surface area contributed by atoms with Crippen LogP contribution in [0, 0.1) is 17.3 Å². The molecule has 0 heterocycles. The average molecular weight is 241 g/mol. The van der Waals surface area contributed by atoms with Crippen LogP contribution >= 0.6 is 0 Å². The van der Waals surface area contributed by atoms with Gasteiger partial charge in [0.15, 0.2) is 0 Å². The summed E-state index contributed by atoms with van der Waals surface area (Å²) < 4.78 is 0. The van der Waals surface area contributed by atoms with Gasteiger partial charge in [0.2, 0.25) is 0 Å². The first kappa shape index (κ1) is 15.0. The van der Waals surface area contributed by atoms with Crippen LogP contribution in [0.25, 0.3) is 0 Å². The Morgan fingerprint density at radius 3 is 2.24 bits per heavy atom. The predicted octanol–water partition coefficient (Wildman–Crippen LogP) is 3.20. The van der Waals surface area contributed by atoms with Crippen LogP contribution in [-0.4, -0.2) is 23.8 Å². The van der Waals surface area contributed by atoms with Crippen molar-refractivity contribution in [3.8, 4) is 0 Å². The number of aliphatic hydroxyl groups excluding tert-OH is 1. The topological polar surface area (TPSA) is 32.3 Å². The Labute approximate surface area is 107 Å². The summed E-state index contributed by atoms with van der Waals surface area (Å²) >= 11 is 0. The normalized spacial score (nSPS) is 32.5. The van der Waals surface area contributed by atoms with E-state index in [0.29, 0.717) is 6.04 Å². The molecule has 17 heavy (non-hydrogen) atoms. The van der Waals surface area contributed by atoms with E-state index in [1.807, 2.05) is 6.92 Å². The van der Waals surface area contributed by atoms with Crippen molar-refractivity contribution in [3.63, 3.8) is 0 Å². The van der Waals surface area contributed by atoms with Gasteiger partial charge in [0.1, 0.15) is 0 Å². The van der Waals surface area contributed by atoms with Crippen molar-refractivity contribution in [3.05, 3.63) is 0 Å². The van der Waals surface area contributed by atoms with Gasteiger partial charge in [-0.05, 0) is 43.4 Å². The maximum Gasteiger partial charge on any atom is 0.0517 e. The molecular weight excluding hydrogens is 210 g/mol. The minimum Gasteiger partial charge on any atom is -0.393 e. The summed E-state index contributed by atoms with van der Waals surface area (Å²) in [5, 5.41) is 13.3. The molecule has 0 aliphatic heterocycles. The quantitative estimate of drug-likeness (QED) is 0.775. The van der Waals surface area contributed by atoms with E-state index < -0.39 is 0 Å². The van der Waals surface area contributed by atoms with E-state index >= 15 is 0 Å². The van der Waals surface area contributed by atoms with Gasteiger partial charge in [0, 0.05) is 12.6 Å². The molecular formula is C15H31NO. The second-order valence-corrected chi connectivity index (χ2v) is 7.01. The fraction of sp³-hybridized carbons (Fsp3) is 1.00. The van der Waals surface area contributed by atoms with E-state index in [-0.39, 0.29) is 11.5 Å². The Morgan fingerprint density at radius 2 is 1.76 bits per heavy atom. The molecule has 0 saturated heterocycles. The Balaban J connectivity index is 2.42. The van der Waals surface area contributed by atoms with Crippen molar-refractivity contribution in [2.24, 2.45) is 17.3 Å². The van der Waals surface area contributed by atoms with Gasteiger partial charge in [-0.1, -0.05) is 34.1 Å². The molecule has 0 amide bonds. The van der Waals surface area contributed by atoms with Crippen LogP contribution in [0.5, 0.6) is 0 Å². The van der Waals surface area contributed by atoms with E-state index in [0.717, 1.165) is 24.8 Å². The third kappa shape index (κ3) is 4.97. The number of rotatable bonds is 5. The molecule has 3 atom stereocenters. The highest BCUT2D eigenvalue weighted by Crippen LogP contribution is 2.30. The lowest BCUT2D eigenvalue weighted by Crippen LogP contribution is -2.46. The SMILES string of the molecule is CC(O)CC(C)(C)CNC1C(C)CCCC1C. The minimum absolute atomic E-state index is 0.186. The van der Waals surface area contributed by atoms with Gasteiger partial charge in [-0.3, -0.25) is 0 Å². The second kappa shape index (κ2) is 6.19. The minimum atomic E-state index is -0.201. The zero-order valence-electron chi connectivity index (χ0n) is 12.3. The molecule has 2 N–H and O–H groups in total. The second-order valence-electron chi connectivity index (χ2n) is 7.01. The zero-order chi connectivity index (χ0) is 13.1. The molecule has 0 aromatic heterocycles. The average Bonchev–Trinajstić information content (AvgIpc) is 2.14. The summed E-state index contributed by atoms with van der Waals surface area (Å²) in [4.78, 5) is 0. The summed E-state index contributed by atoms with van der Waals surface area (Å²) in [6.45, 7) is 12.1. The molecule has 1 aliphatic carbocycles. The van der Waals surface area contributed by atoms with Crippen molar-refractivity contribution < 1.29 is 5.11 Å². The molecule has 1 saturated carbocycles. The largest absolute Gasteiger partial charge is 0.393 e. The first-order valence-corrected chi connectivity index (χ1v) is 7.23. The van der Waals surface area contributed by atoms with Crippen molar-refractivity contribution in [2.45, 2.75) is 72.4 Å². The molecule has 1 aliphatic rings. The Morgan fingerprint density at radius 1 is 1.24 bits per heavy atom. The fourth-order valence-electron chi connectivity index (χ4n) is 3.35. The molecule has 102 valence electrons. The lowest BCUT2D eigenvalue weighted by atomic mass is 9.78. The van der Waals surface area contributed by atoms with E-state index in [2.05, 4.69) is 33.0 Å². The first-order valence-electron chi connectivity index (χ1n) is 7.23. The van der Waals surface area contributed by atoms with Crippen molar-refractivity contribution in [1.29, 1.82) is 0 Å². The third-order valence-electron chi connectivity index (χ3n) is 4.21. The maximum atomic E-state index is 9.50. The van der Waals surface area contributed by atoms with Crippen LogP contribution in [0.1, 0.15) is 60.3 Å². The van der Waals surface area contributed by atoms with Crippen LogP contribution in [0.15, 0.2) is 0 Å². The lowest BCUT2D eigenvalue weighted by Gasteiger charge is -2.38. The number of nitrogens with one attached hydrogen (secondary N) is 1. The lowest BCUT2D eigenvalue weighted by molar-refractivity contribution is 0.116. The first-order chi connectivity index (χ1) is 7.82. The highest BCUT2D eigenvalue weighted by Gasteiger charge is 2.29. The van der Waals surface area contributed by atoms with Gasteiger partial charge in [-0.25, -0.2) is 0 Å². The van der Waals surface area contributed by atoms with Gasteiger partial charge in [0.25, 0.3) is 0 Å². The highest BCUT2D eigenvalue weighted by molar-refractivity contribution is 4.85. The van der Waals surface area contributed by atoms with Crippen molar-refractivity contribution >= 4 is 0 Å². The van der Waals surface area contributed by atoms with Crippen LogP contribution < -0.4 is 5.32 Å². The van der Waals surface area contributed by atoms with Gasteiger partial charge >= 0.3 is 0 Å². The van der Waals surface area contributed by atoms with Gasteiger partial charge in [-0.15, -0.1) is 0 Å².